The van der Waals surface area contributed by atoms with Crippen LogP contribution in [0.1, 0.15) is 24.5 Å². The Morgan fingerprint density at radius 3 is 2.69 bits per heavy atom. The zero-order chi connectivity index (χ0) is 12.1. The third kappa shape index (κ3) is 3.39. The van der Waals surface area contributed by atoms with E-state index < -0.39 is 0 Å². The Labute approximate surface area is 103 Å². The van der Waals surface area contributed by atoms with Gasteiger partial charge in [0.25, 0.3) is 0 Å². The average molecular weight is 242 g/mol. The lowest BCUT2D eigenvalue weighted by Gasteiger charge is -2.15. The van der Waals surface area contributed by atoms with Crippen molar-refractivity contribution in [2.24, 2.45) is 11.7 Å². The summed E-state index contributed by atoms with van der Waals surface area (Å²) in [6, 6.07) is 3.91. The zero-order valence-corrected chi connectivity index (χ0v) is 11.0. The van der Waals surface area contributed by atoms with E-state index in [9.17, 15) is 0 Å². The molecule has 1 aromatic rings. The maximum atomic E-state index is 6.06. The van der Waals surface area contributed by atoms with Crippen molar-refractivity contribution >= 4 is 11.6 Å². The largest absolute Gasteiger partial charge is 0.496 e. The number of hydrogen-bond donors (Lipinski definition) is 1. The molecule has 1 atom stereocenters. The van der Waals surface area contributed by atoms with Crippen LogP contribution < -0.4 is 10.5 Å². The van der Waals surface area contributed by atoms with Crippen molar-refractivity contribution in [2.45, 2.75) is 26.7 Å². The molecular weight excluding hydrogens is 222 g/mol. The summed E-state index contributed by atoms with van der Waals surface area (Å²) in [5, 5.41) is 0.772. The molecular formula is C13H20ClNO. The van der Waals surface area contributed by atoms with Gasteiger partial charge in [-0.25, -0.2) is 0 Å². The van der Waals surface area contributed by atoms with Crippen molar-refractivity contribution in [2.75, 3.05) is 13.7 Å². The smallest absolute Gasteiger partial charge is 0.125 e. The molecule has 2 nitrogen and oxygen atoms in total. The summed E-state index contributed by atoms with van der Waals surface area (Å²) in [4.78, 5) is 0. The number of methoxy groups -OCH3 is 1. The monoisotopic (exact) mass is 241 g/mol. The molecule has 0 aliphatic heterocycles. The fourth-order valence-corrected chi connectivity index (χ4v) is 2.30. The first kappa shape index (κ1) is 13.3. The third-order valence-electron chi connectivity index (χ3n) is 2.75. The average Bonchev–Trinajstić information content (AvgIpc) is 2.17. The van der Waals surface area contributed by atoms with Gasteiger partial charge in [0, 0.05) is 5.02 Å². The number of halogens is 1. The van der Waals surface area contributed by atoms with Crippen LogP contribution in [0.2, 0.25) is 5.02 Å². The summed E-state index contributed by atoms with van der Waals surface area (Å²) in [5.41, 5.74) is 7.82. The summed E-state index contributed by atoms with van der Waals surface area (Å²) < 4.78 is 5.42. The Hall–Kier alpha value is -0.730. The molecule has 16 heavy (non-hydrogen) atoms. The summed E-state index contributed by atoms with van der Waals surface area (Å²) in [7, 11) is 1.70. The Morgan fingerprint density at radius 2 is 2.12 bits per heavy atom. The van der Waals surface area contributed by atoms with E-state index in [0.29, 0.717) is 5.92 Å². The molecule has 0 aliphatic carbocycles. The van der Waals surface area contributed by atoms with Gasteiger partial charge >= 0.3 is 0 Å². The van der Waals surface area contributed by atoms with Gasteiger partial charge in [-0.3, -0.25) is 0 Å². The van der Waals surface area contributed by atoms with E-state index in [-0.39, 0.29) is 0 Å². The second-order valence-electron chi connectivity index (χ2n) is 4.30. The number of hydrogen-bond acceptors (Lipinski definition) is 2. The topological polar surface area (TPSA) is 35.2 Å². The van der Waals surface area contributed by atoms with E-state index in [1.807, 2.05) is 19.1 Å². The highest BCUT2D eigenvalue weighted by molar-refractivity contribution is 6.30. The van der Waals surface area contributed by atoms with Crippen LogP contribution in [0.15, 0.2) is 12.1 Å². The molecule has 0 aromatic heterocycles. The first-order valence-electron chi connectivity index (χ1n) is 5.61. The molecule has 1 aromatic carbocycles. The summed E-state index contributed by atoms with van der Waals surface area (Å²) in [6.45, 7) is 4.94. The van der Waals surface area contributed by atoms with Crippen molar-refractivity contribution in [1.29, 1.82) is 0 Å². The van der Waals surface area contributed by atoms with E-state index in [0.717, 1.165) is 35.7 Å². The van der Waals surface area contributed by atoms with E-state index in [4.69, 9.17) is 22.1 Å². The minimum Gasteiger partial charge on any atom is -0.496 e. The zero-order valence-electron chi connectivity index (χ0n) is 10.2. The van der Waals surface area contributed by atoms with Crippen LogP contribution in [0, 0.1) is 12.8 Å². The Morgan fingerprint density at radius 1 is 1.44 bits per heavy atom. The lowest BCUT2D eigenvalue weighted by molar-refractivity contribution is 0.401. The molecule has 0 saturated carbocycles. The molecule has 0 heterocycles. The normalized spacial score (nSPS) is 12.6. The van der Waals surface area contributed by atoms with Crippen molar-refractivity contribution in [3.63, 3.8) is 0 Å². The highest BCUT2D eigenvalue weighted by Gasteiger charge is 2.11. The van der Waals surface area contributed by atoms with Crippen molar-refractivity contribution < 1.29 is 4.74 Å². The molecule has 1 rings (SSSR count). The molecule has 0 aliphatic rings. The van der Waals surface area contributed by atoms with Gasteiger partial charge in [-0.2, -0.15) is 0 Å². The molecule has 3 heteroatoms. The highest BCUT2D eigenvalue weighted by atomic mass is 35.5. The van der Waals surface area contributed by atoms with Gasteiger partial charge in [0.05, 0.1) is 7.11 Å². The fraction of sp³-hybridized carbons (Fsp3) is 0.538. The fourth-order valence-electron chi connectivity index (χ4n) is 2.00. The summed E-state index contributed by atoms with van der Waals surface area (Å²) in [5.74, 6) is 1.50. The van der Waals surface area contributed by atoms with Crippen LogP contribution >= 0.6 is 11.6 Å². The Kier molecular flexibility index (Phi) is 5.10. The molecule has 0 radical (unpaired) electrons. The maximum Gasteiger partial charge on any atom is 0.125 e. The van der Waals surface area contributed by atoms with Crippen molar-refractivity contribution in [3.8, 4) is 5.75 Å². The molecule has 0 spiro atoms. The van der Waals surface area contributed by atoms with Gasteiger partial charge in [0.2, 0.25) is 0 Å². The van der Waals surface area contributed by atoms with Crippen LogP contribution in [0.3, 0.4) is 0 Å². The van der Waals surface area contributed by atoms with Gasteiger partial charge in [-0.15, -0.1) is 0 Å². The quantitative estimate of drug-likeness (QED) is 0.860. The third-order valence-corrected chi connectivity index (χ3v) is 2.97. The van der Waals surface area contributed by atoms with Gasteiger partial charge in [0.1, 0.15) is 5.75 Å². The Balaban J connectivity index is 2.93. The first-order valence-corrected chi connectivity index (χ1v) is 5.99. The number of ether oxygens (including phenoxy) is 1. The van der Waals surface area contributed by atoms with Crippen LogP contribution in [0.5, 0.6) is 5.75 Å². The van der Waals surface area contributed by atoms with Gasteiger partial charge in [-0.05, 0) is 55.5 Å². The summed E-state index contributed by atoms with van der Waals surface area (Å²) in [6.07, 6.45) is 1.98. The minimum atomic E-state index is 0.553. The predicted molar refractivity (Wildman–Crippen MR) is 69.3 cm³/mol. The van der Waals surface area contributed by atoms with Gasteiger partial charge in [0.15, 0.2) is 0 Å². The predicted octanol–water partition coefficient (Wildman–Crippen LogP) is 3.18. The molecule has 1 unspecified atom stereocenters. The molecule has 0 fully saturated rings. The molecule has 0 amide bonds. The number of aryl methyl sites for hydroxylation is 1. The minimum absolute atomic E-state index is 0.553. The maximum absolute atomic E-state index is 6.06. The number of nitrogens with two attached hydrogens (primary N) is 1. The van der Waals surface area contributed by atoms with Crippen LogP contribution in [-0.2, 0) is 6.42 Å². The lowest BCUT2D eigenvalue weighted by Crippen LogP contribution is -2.09. The number of benzene rings is 1. The Bertz CT molecular complexity index is 352. The van der Waals surface area contributed by atoms with E-state index in [1.165, 1.54) is 5.56 Å². The van der Waals surface area contributed by atoms with Crippen molar-refractivity contribution in [3.05, 3.63) is 28.3 Å². The van der Waals surface area contributed by atoms with E-state index >= 15 is 0 Å². The SMILES string of the molecule is COc1c(C)cc(Cl)cc1CC(C)CCN. The second kappa shape index (κ2) is 6.12. The second-order valence-corrected chi connectivity index (χ2v) is 4.74. The van der Waals surface area contributed by atoms with Crippen LogP contribution in [0.25, 0.3) is 0 Å². The highest BCUT2D eigenvalue weighted by Crippen LogP contribution is 2.29. The molecule has 2 N–H and O–H groups in total. The summed E-state index contributed by atoms with van der Waals surface area (Å²) >= 11 is 6.06. The molecule has 90 valence electrons. The number of rotatable bonds is 5. The standard InChI is InChI=1S/C13H20ClNO/c1-9(4-5-15)6-11-8-12(14)7-10(2)13(11)16-3/h7-9H,4-6,15H2,1-3H3. The van der Waals surface area contributed by atoms with Crippen LogP contribution in [0.4, 0.5) is 0 Å². The van der Waals surface area contributed by atoms with Crippen LogP contribution in [-0.4, -0.2) is 13.7 Å². The first-order chi connectivity index (χ1) is 7.58. The van der Waals surface area contributed by atoms with E-state index in [1.54, 1.807) is 7.11 Å². The van der Waals surface area contributed by atoms with E-state index in [2.05, 4.69) is 6.92 Å². The van der Waals surface area contributed by atoms with Gasteiger partial charge in [-0.1, -0.05) is 18.5 Å². The molecule has 0 saturated heterocycles. The molecule has 0 bridgehead atoms. The lowest BCUT2D eigenvalue weighted by atomic mass is 9.96. The van der Waals surface area contributed by atoms with Gasteiger partial charge < -0.3 is 10.5 Å². The van der Waals surface area contributed by atoms with Crippen molar-refractivity contribution in [1.82, 2.24) is 0 Å².